The molecule has 0 saturated carbocycles. The van der Waals surface area contributed by atoms with Crippen molar-refractivity contribution >= 4 is 0 Å². The van der Waals surface area contributed by atoms with Gasteiger partial charge in [-0.25, -0.2) is 0 Å². The minimum absolute atomic E-state index is 0.0522. The molecule has 0 amide bonds. The summed E-state index contributed by atoms with van der Waals surface area (Å²) in [5, 5.41) is 0. The molecular formula is C17H13F3O2. The molecule has 0 bridgehead atoms. The molecule has 2 aromatic rings. The number of alkyl halides is 3. The fraction of sp³-hybridized carbons (Fsp3) is 0.176. The van der Waals surface area contributed by atoms with E-state index in [0.29, 0.717) is 17.1 Å². The van der Waals surface area contributed by atoms with Crippen molar-refractivity contribution in [2.24, 2.45) is 0 Å². The van der Waals surface area contributed by atoms with Crippen LogP contribution in [0.3, 0.4) is 0 Å². The van der Waals surface area contributed by atoms with E-state index in [1.165, 1.54) is 19.2 Å². The number of hydrogen-bond acceptors (Lipinski definition) is 2. The molecule has 0 aliphatic carbocycles. The van der Waals surface area contributed by atoms with Crippen molar-refractivity contribution in [3.63, 3.8) is 0 Å². The number of benzene rings is 2. The van der Waals surface area contributed by atoms with Gasteiger partial charge in [-0.15, -0.1) is 0 Å². The summed E-state index contributed by atoms with van der Waals surface area (Å²) in [5.74, 6) is 6.44. The van der Waals surface area contributed by atoms with Gasteiger partial charge in [-0.1, -0.05) is 30.0 Å². The Kier molecular flexibility index (Phi) is 4.95. The third-order valence-electron chi connectivity index (χ3n) is 2.79. The summed E-state index contributed by atoms with van der Waals surface area (Å²) in [6.45, 7) is 0.0522. The molecule has 0 atom stereocenters. The van der Waals surface area contributed by atoms with Crippen LogP contribution in [0.2, 0.25) is 0 Å². The van der Waals surface area contributed by atoms with Crippen molar-refractivity contribution < 1.29 is 22.6 Å². The minimum Gasteiger partial charge on any atom is -0.493 e. The van der Waals surface area contributed by atoms with Gasteiger partial charge in [0.15, 0.2) is 11.5 Å². The van der Waals surface area contributed by atoms with Crippen molar-refractivity contribution in [3.05, 3.63) is 59.7 Å². The van der Waals surface area contributed by atoms with Gasteiger partial charge in [-0.3, -0.25) is 0 Å². The lowest BCUT2D eigenvalue weighted by Crippen LogP contribution is -2.04. The fourth-order valence-corrected chi connectivity index (χ4v) is 1.76. The van der Waals surface area contributed by atoms with E-state index in [1.807, 2.05) is 0 Å². The second-order valence-electron chi connectivity index (χ2n) is 4.32. The molecule has 0 N–H and O–H groups in total. The van der Waals surface area contributed by atoms with Crippen LogP contribution in [0, 0.1) is 11.8 Å². The summed E-state index contributed by atoms with van der Waals surface area (Å²) in [5.41, 5.74) is -0.427. The summed E-state index contributed by atoms with van der Waals surface area (Å²) < 4.78 is 48.3. The van der Waals surface area contributed by atoms with Crippen LogP contribution in [0.5, 0.6) is 11.5 Å². The third-order valence-corrected chi connectivity index (χ3v) is 2.79. The first kappa shape index (κ1) is 15.8. The van der Waals surface area contributed by atoms with Crippen molar-refractivity contribution in [2.75, 3.05) is 13.7 Å². The van der Waals surface area contributed by atoms with Gasteiger partial charge in [0.2, 0.25) is 0 Å². The lowest BCUT2D eigenvalue weighted by molar-refractivity contribution is -0.137. The lowest BCUT2D eigenvalue weighted by Gasteiger charge is -2.07. The molecule has 0 fully saturated rings. The molecule has 0 aliphatic rings. The zero-order chi connectivity index (χ0) is 16.0. The average Bonchev–Trinajstić information content (AvgIpc) is 2.51. The number of rotatable bonds is 3. The Labute approximate surface area is 126 Å². The van der Waals surface area contributed by atoms with Crippen LogP contribution in [0.1, 0.15) is 11.1 Å². The van der Waals surface area contributed by atoms with Gasteiger partial charge in [-0.05, 0) is 30.3 Å². The first-order valence-corrected chi connectivity index (χ1v) is 6.42. The van der Waals surface area contributed by atoms with E-state index in [1.54, 1.807) is 24.3 Å². The summed E-state index contributed by atoms with van der Waals surface area (Å²) in [6.07, 6.45) is -4.37. The molecule has 0 unspecified atom stereocenters. The molecule has 22 heavy (non-hydrogen) atoms. The third kappa shape index (κ3) is 4.19. The van der Waals surface area contributed by atoms with Gasteiger partial charge >= 0.3 is 6.18 Å². The van der Waals surface area contributed by atoms with Crippen LogP contribution in [-0.4, -0.2) is 13.7 Å². The Hall–Kier alpha value is -2.61. The summed E-state index contributed by atoms with van der Waals surface area (Å²) in [7, 11) is 1.52. The molecule has 2 nitrogen and oxygen atoms in total. The second-order valence-corrected chi connectivity index (χ2v) is 4.32. The quantitative estimate of drug-likeness (QED) is 0.793. The highest BCUT2D eigenvalue weighted by Gasteiger charge is 2.30. The predicted octanol–water partition coefficient (Wildman–Crippen LogP) is 4.14. The van der Waals surface area contributed by atoms with Gasteiger partial charge in [0.25, 0.3) is 0 Å². The van der Waals surface area contributed by atoms with Gasteiger partial charge in [0.1, 0.15) is 6.61 Å². The first-order chi connectivity index (χ1) is 10.5. The SMILES string of the molecule is COc1ccccc1OCC#Cc1cccc(C(F)(F)F)c1. The van der Waals surface area contributed by atoms with Crippen LogP contribution in [0.15, 0.2) is 48.5 Å². The highest BCUT2D eigenvalue weighted by atomic mass is 19.4. The van der Waals surface area contributed by atoms with Crippen molar-refractivity contribution in [2.45, 2.75) is 6.18 Å². The largest absolute Gasteiger partial charge is 0.493 e. The standard InChI is InChI=1S/C17H13F3O2/c1-21-15-9-2-3-10-16(15)22-11-5-7-13-6-4-8-14(12-13)17(18,19)20/h2-4,6,8-10,12H,11H2,1H3. The van der Waals surface area contributed by atoms with Crippen molar-refractivity contribution in [1.29, 1.82) is 0 Å². The monoisotopic (exact) mass is 306 g/mol. The van der Waals surface area contributed by atoms with Crippen LogP contribution >= 0.6 is 0 Å². The molecule has 2 rings (SSSR count). The maximum Gasteiger partial charge on any atom is 0.416 e. The van der Waals surface area contributed by atoms with E-state index in [2.05, 4.69) is 11.8 Å². The maximum atomic E-state index is 12.6. The molecule has 114 valence electrons. The smallest absolute Gasteiger partial charge is 0.416 e. The highest BCUT2D eigenvalue weighted by Crippen LogP contribution is 2.29. The van der Waals surface area contributed by atoms with Crippen LogP contribution in [-0.2, 0) is 6.18 Å². The number of ether oxygens (including phenoxy) is 2. The van der Waals surface area contributed by atoms with Crippen LogP contribution < -0.4 is 9.47 Å². The molecule has 0 aliphatic heterocycles. The lowest BCUT2D eigenvalue weighted by atomic mass is 10.1. The summed E-state index contributed by atoms with van der Waals surface area (Å²) >= 11 is 0. The Morgan fingerprint density at radius 2 is 1.73 bits per heavy atom. The molecule has 0 heterocycles. The van der Waals surface area contributed by atoms with Gasteiger partial charge in [0, 0.05) is 5.56 Å². The number of methoxy groups -OCH3 is 1. The predicted molar refractivity (Wildman–Crippen MR) is 76.8 cm³/mol. The Morgan fingerprint density at radius 3 is 2.41 bits per heavy atom. The molecule has 2 aromatic carbocycles. The molecule has 0 aromatic heterocycles. The average molecular weight is 306 g/mol. The van der Waals surface area contributed by atoms with Gasteiger partial charge < -0.3 is 9.47 Å². The molecule has 5 heteroatoms. The Bertz CT molecular complexity index is 697. The number of hydrogen-bond donors (Lipinski definition) is 0. The van der Waals surface area contributed by atoms with Crippen molar-refractivity contribution in [1.82, 2.24) is 0 Å². The van der Waals surface area contributed by atoms with Gasteiger partial charge in [-0.2, -0.15) is 13.2 Å². The molecule has 0 saturated heterocycles. The summed E-state index contributed by atoms with van der Waals surface area (Å²) in [4.78, 5) is 0. The second kappa shape index (κ2) is 6.90. The Morgan fingerprint density at radius 1 is 1.00 bits per heavy atom. The van der Waals surface area contributed by atoms with Gasteiger partial charge in [0.05, 0.1) is 12.7 Å². The van der Waals surface area contributed by atoms with E-state index in [0.717, 1.165) is 12.1 Å². The van der Waals surface area contributed by atoms with Crippen LogP contribution in [0.25, 0.3) is 0 Å². The maximum absolute atomic E-state index is 12.6. The van der Waals surface area contributed by atoms with E-state index < -0.39 is 11.7 Å². The Balaban J connectivity index is 2.03. The highest BCUT2D eigenvalue weighted by molar-refractivity contribution is 5.40. The first-order valence-electron chi connectivity index (χ1n) is 6.42. The van der Waals surface area contributed by atoms with Crippen LogP contribution in [0.4, 0.5) is 13.2 Å². The normalized spacial score (nSPS) is 10.5. The zero-order valence-corrected chi connectivity index (χ0v) is 11.8. The van der Waals surface area contributed by atoms with Crippen molar-refractivity contribution in [3.8, 4) is 23.3 Å². The fourth-order valence-electron chi connectivity index (χ4n) is 1.76. The zero-order valence-electron chi connectivity index (χ0n) is 11.8. The van der Waals surface area contributed by atoms with E-state index in [9.17, 15) is 13.2 Å². The molecule has 0 radical (unpaired) electrons. The van der Waals surface area contributed by atoms with E-state index in [-0.39, 0.29) is 6.61 Å². The van der Waals surface area contributed by atoms with E-state index >= 15 is 0 Å². The molecular weight excluding hydrogens is 293 g/mol. The summed E-state index contributed by atoms with van der Waals surface area (Å²) in [6, 6.07) is 11.9. The topological polar surface area (TPSA) is 18.5 Å². The molecule has 0 spiro atoms. The number of halogens is 3. The number of para-hydroxylation sites is 2. The minimum atomic E-state index is -4.37. The van der Waals surface area contributed by atoms with E-state index in [4.69, 9.17) is 9.47 Å².